The summed E-state index contributed by atoms with van der Waals surface area (Å²) in [6.45, 7) is 3.18. The van der Waals surface area contributed by atoms with Crippen LogP contribution < -0.4 is 5.73 Å². The number of unbranched alkanes of at least 4 members (excludes halogenated alkanes) is 1. The van der Waals surface area contributed by atoms with Gasteiger partial charge in [0.1, 0.15) is 4.99 Å². The number of aryl methyl sites for hydroxylation is 1. The maximum absolute atomic E-state index is 5.54. The van der Waals surface area contributed by atoms with Crippen LogP contribution in [0.25, 0.3) is 0 Å². The Labute approximate surface area is 78.4 Å². The molecule has 0 bridgehead atoms. The number of hydrogen-bond donors (Lipinski definition) is 1. The molecular weight excluding hydrogens is 168 g/mol. The minimum atomic E-state index is 0.483. The van der Waals surface area contributed by atoms with Crippen molar-refractivity contribution < 1.29 is 0 Å². The highest BCUT2D eigenvalue weighted by Crippen LogP contribution is 2.04. The Bertz CT molecular complexity index is 265. The lowest BCUT2D eigenvalue weighted by Gasteiger charge is -2.05. The Morgan fingerprint density at radius 1 is 1.67 bits per heavy atom. The van der Waals surface area contributed by atoms with E-state index in [2.05, 4.69) is 11.5 Å². The van der Waals surface area contributed by atoms with Crippen LogP contribution in [0.4, 0.5) is 0 Å². The van der Waals surface area contributed by atoms with Gasteiger partial charge in [-0.25, -0.2) is 0 Å². The molecule has 0 unspecified atom stereocenters. The molecule has 2 N–H and O–H groups in total. The fourth-order valence-electron chi connectivity index (χ4n) is 1.16. The first-order valence-electron chi connectivity index (χ1n) is 4.20. The average Bonchev–Trinajstić information content (AvgIpc) is 2.48. The zero-order valence-electron chi connectivity index (χ0n) is 7.29. The minimum absolute atomic E-state index is 0.483. The van der Waals surface area contributed by atoms with Crippen molar-refractivity contribution in [1.82, 2.24) is 4.57 Å². The van der Waals surface area contributed by atoms with Crippen molar-refractivity contribution >= 4 is 17.2 Å². The molecule has 3 heteroatoms. The van der Waals surface area contributed by atoms with E-state index in [9.17, 15) is 0 Å². The number of nitrogens with zero attached hydrogens (tertiary/aromatic N) is 1. The van der Waals surface area contributed by atoms with Gasteiger partial charge < -0.3 is 10.3 Å². The highest BCUT2D eigenvalue weighted by atomic mass is 32.1. The lowest BCUT2D eigenvalue weighted by Crippen LogP contribution is -2.15. The summed E-state index contributed by atoms with van der Waals surface area (Å²) in [7, 11) is 0. The Balaban J connectivity index is 2.70. The highest BCUT2D eigenvalue weighted by Gasteiger charge is 2.01. The number of rotatable bonds is 4. The van der Waals surface area contributed by atoms with Crippen molar-refractivity contribution in [3.63, 3.8) is 0 Å². The molecule has 1 heterocycles. The highest BCUT2D eigenvalue weighted by molar-refractivity contribution is 7.80. The summed E-state index contributed by atoms with van der Waals surface area (Å²) in [5.74, 6) is 0. The van der Waals surface area contributed by atoms with Crippen LogP contribution in [0.3, 0.4) is 0 Å². The summed E-state index contributed by atoms with van der Waals surface area (Å²) in [5.41, 5.74) is 6.51. The van der Waals surface area contributed by atoms with E-state index in [0.29, 0.717) is 4.99 Å². The van der Waals surface area contributed by atoms with Gasteiger partial charge in [-0.1, -0.05) is 25.6 Å². The van der Waals surface area contributed by atoms with Crippen LogP contribution in [0.1, 0.15) is 25.5 Å². The van der Waals surface area contributed by atoms with Gasteiger partial charge in [0.15, 0.2) is 0 Å². The molecule has 66 valence electrons. The molecule has 0 aliphatic heterocycles. The standard InChI is InChI=1S/C9H14N2S/c1-2-3-6-11-7-4-5-8(11)9(10)12/h4-5,7H,2-3,6H2,1H3,(H2,10,12). The Morgan fingerprint density at radius 2 is 2.42 bits per heavy atom. The molecule has 1 rings (SSSR count). The zero-order valence-corrected chi connectivity index (χ0v) is 8.10. The number of thiocarbonyl (C=S) groups is 1. The van der Waals surface area contributed by atoms with Gasteiger partial charge in [0, 0.05) is 12.7 Å². The van der Waals surface area contributed by atoms with E-state index in [0.717, 1.165) is 12.2 Å². The molecule has 1 aromatic rings. The molecule has 0 atom stereocenters. The van der Waals surface area contributed by atoms with Crippen LogP contribution in [-0.4, -0.2) is 9.56 Å². The third-order valence-electron chi connectivity index (χ3n) is 1.83. The van der Waals surface area contributed by atoms with Gasteiger partial charge in [0.05, 0.1) is 5.69 Å². The molecule has 0 spiro atoms. The van der Waals surface area contributed by atoms with Crippen molar-refractivity contribution in [2.45, 2.75) is 26.3 Å². The Kier molecular flexibility index (Phi) is 3.29. The summed E-state index contributed by atoms with van der Waals surface area (Å²) >= 11 is 4.91. The first-order chi connectivity index (χ1) is 5.75. The number of aromatic nitrogens is 1. The molecule has 0 radical (unpaired) electrons. The average molecular weight is 182 g/mol. The predicted molar refractivity (Wildman–Crippen MR) is 55.2 cm³/mol. The zero-order chi connectivity index (χ0) is 8.97. The smallest absolute Gasteiger partial charge is 0.120 e. The van der Waals surface area contributed by atoms with Crippen LogP contribution in [0.15, 0.2) is 18.3 Å². The van der Waals surface area contributed by atoms with Crippen molar-refractivity contribution in [2.24, 2.45) is 5.73 Å². The SMILES string of the molecule is CCCCn1cccc1C(N)=S. The molecule has 0 saturated carbocycles. The summed E-state index contributed by atoms with van der Waals surface area (Å²) in [6.07, 6.45) is 4.38. The van der Waals surface area contributed by atoms with E-state index in [1.54, 1.807) is 0 Å². The molecule has 1 aromatic heterocycles. The lowest BCUT2D eigenvalue weighted by atomic mass is 10.3. The van der Waals surface area contributed by atoms with E-state index in [4.69, 9.17) is 18.0 Å². The maximum atomic E-state index is 5.54. The van der Waals surface area contributed by atoms with Gasteiger partial charge in [0.2, 0.25) is 0 Å². The third-order valence-corrected chi connectivity index (χ3v) is 2.04. The minimum Gasteiger partial charge on any atom is -0.388 e. The summed E-state index contributed by atoms with van der Waals surface area (Å²) in [5, 5.41) is 0. The van der Waals surface area contributed by atoms with Crippen molar-refractivity contribution in [3.8, 4) is 0 Å². The van der Waals surface area contributed by atoms with Gasteiger partial charge in [-0.05, 0) is 18.6 Å². The van der Waals surface area contributed by atoms with Gasteiger partial charge in [0.25, 0.3) is 0 Å². The lowest BCUT2D eigenvalue weighted by molar-refractivity contribution is 0.632. The third kappa shape index (κ3) is 2.08. The van der Waals surface area contributed by atoms with E-state index in [-0.39, 0.29) is 0 Å². The quantitative estimate of drug-likeness (QED) is 0.721. The van der Waals surface area contributed by atoms with Gasteiger partial charge in [-0.3, -0.25) is 0 Å². The fraction of sp³-hybridized carbons (Fsp3) is 0.444. The molecule has 0 fully saturated rings. The second-order valence-electron chi connectivity index (χ2n) is 2.80. The van der Waals surface area contributed by atoms with Crippen LogP contribution in [0, 0.1) is 0 Å². The summed E-state index contributed by atoms with van der Waals surface area (Å²) < 4.78 is 2.10. The summed E-state index contributed by atoms with van der Waals surface area (Å²) in [4.78, 5) is 0.483. The van der Waals surface area contributed by atoms with E-state index >= 15 is 0 Å². The van der Waals surface area contributed by atoms with Gasteiger partial charge in [-0.2, -0.15) is 0 Å². The van der Waals surface area contributed by atoms with Gasteiger partial charge in [-0.15, -0.1) is 0 Å². The van der Waals surface area contributed by atoms with Crippen LogP contribution in [-0.2, 0) is 6.54 Å². The fourth-order valence-corrected chi connectivity index (χ4v) is 1.35. The Hall–Kier alpha value is -0.830. The van der Waals surface area contributed by atoms with Crippen LogP contribution >= 0.6 is 12.2 Å². The van der Waals surface area contributed by atoms with E-state index in [1.165, 1.54) is 12.8 Å². The van der Waals surface area contributed by atoms with E-state index < -0.39 is 0 Å². The monoisotopic (exact) mass is 182 g/mol. The number of hydrogen-bond acceptors (Lipinski definition) is 1. The Morgan fingerprint density at radius 3 is 3.00 bits per heavy atom. The molecular formula is C9H14N2S. The van der Waals surface area contributed by atoms with Crippen molar-refractivity contribution in [2.75, 3.05) is 0 Å². The molecule has 0 amide bonds. The largest absolute Gasteiger partial charge is 0.388 e. The van der Waals surface area contributed by atoms with Crippen LogP contribution in [0.5, 0.6) is 0 Å². The molecule has 0 saturated heterocycles. The summed E-state index contributed by atoms with van der Waals surface area (Å²) in [6, 6.07) is 3.93. The molecule has 2 nitrogen and oxygen atoms in total. The molecule has 0 aliphatic carbocycles. The predicted octanol–water partition coefficient (Wildman–Crippen LogP) is 1.92. The first-order valence-corrected chi connectivity index (χ1v) is 4.61. The van der Waals surface area contributed by atoms with Crippen molar-refractivity contribution in [3.05, 3.63) is 24.0 Å². The van der Waals surface area contributed by atoms with Gasteiger partial charge >= 0.3 is 0 Å². The molecule has 12 heavy (non-hydrogen) atoms. The van der Waals surface area contributed by atoms with Crippen molar-refractivity contribution in [1.29, 1.82) is 0 Å². The van der Waals surface area contributed by atoms with E-state index in [1.807, 2.05) is 18.3 Å². The topological polar surface area (TPSA) is 30.9 Å². The maximum Gasteiger partial charge on any atom is 0.120 e. The second-order valence-corrected chi connectivity index (χ2v) is 3.24. The number of nitrogens with two attached hydrogens (primary N) is 1. The first kappa shape index (κ1) is 9.26. The molecule has 0 aliphatic rings. The molecule has 0 aromatic carbocycles. The normalized spacial score (nSPS) is 10.1. The second kappa shape index (κ2) is 4.26. The van der Waals surface area contributed by atoms with Crippen LogP contribution in [0.2, 0.25) is 0 Å².